The van der Waals surface area contributed by atoms with Crippen molar-refractivity contribution in [3.05, 3.63) is 47.0 Å². The van der Waals surface area contributed by atoms with E-state index in [0.29, 0.717) is 18.2 Å². The van der Waals surface area contributed by atoms with Crippen LogP contribution < -0.4 is 15.4 Å². The normalized spacial score (nSPS) is 11.1. The molecule has 2 N–H and O–H groups in total. The zero-order valence-electron chi connectivity index (χ0n) is 15.5. The van der Waals surface area contributed by atoms with Crippen LogP contribution in [0.1, 0.15) is 35.5 Å². The second-order valence-corrected chi connectivity index (χ2v) is 6.24. The highest BCUT2D eigenvalue weighted by atomic mass is 19.3. The van der Waals surface area contributed by atoms with E-state index in [0.717, 1.165) is 6.07 Å². The minimum Gasteiger partial charge on any atom is -0.469 e. The number of nitrogens with one attached hydrogen (secondary N) is 2. The highest BCUT2D eigenvalue weighted by Crippen LogP contribution is 2.19. The van der Waals surface area contributed by atoms with Crippen molar-refractivity contribution < 1.29 is 27.5 Å². The van der Waals surface area contributed by atoms with Gasteiger partial charge in [0.05, 0.1) is 0 Å². The molecule has 2 aromatic rings. The lowest BCUT2D eigenvalue weighted by Crippen LogP contribution is -2.24. The number of carbonyl (C=O) groups excluding carboxylic acids is 2. The molecular formula is C18H19F3N4O3. The molecule has 2 heterocycles. The van der Waals surface area contributed by atoms with E-state index in [1.807, 2.05) is 0 Å². The largest absolute Gasteiger partial charge is 0.469 e. The number of hydrogen-bond acceptors (Lipinski definition) is 5. The first-order valence-corrected chi connectivity index (χ1v) is 8.23. The molecule has 0 aliphatic carbocycles. The van der Waals surface area contributed by atoms with E-state index in [9.17, 15) is 22.8 Å². The molecule has 0 aromatic carbocycles. The van der Waals surface area contributed by atoms with Gasteiger partial charge in [0.2, 0.25) is 5.91 Å². The first kappa shape index (κ1) is 21.1. The molecule has 2 aromatic heterocycles. The molecule has 0 spiro atoms. The topological polar surface area (TPSA) is 93.2 Å². The summed E-state index contributed by atoms with van der Waals surface area (Å²) in [6.45, 7) is 2.59. The third-order valence-corrected chi connectivity index (χ3v) is 3.30. The molecule has 0 unspecified atom stereocenters. The number of amides is 2. The smallest absolute Gasteiger partial charge is 0.278 e. The number of alkyl halides is 2. The van der Waals surface area contributed by atoms with Gasteiger partial charge in [-0.2, -0.15) is 0 Å². The van der Waals surface area contributed by atoms with Gasteiger partial charge in [-0.15, -0.1) is 0 Å². The Morgan fingerprint density at radius 2 is 1.96 bits per heavy atom. The fourth-order valence-electron chi connectivity index (χ4n) is 2.19. The molecule has 7 nitrogen and oxygen atoms in total. The van der Waals surface area contributed by atoms with Gasteiger partial charge in [-0.05, 0) is 30.7 Å². The number of carbonyl (C=O) groups is 2. The molecule has 0 fully saturated rings. The Morgan fingerprint density at radius 3 is 2.57 bits per heavy atom. The summed E-state index contributed by atoms with van der Waals surface area (Å²) in [7, 11) is 0. The predicted molar refractivity (Wildman–Crippen MR) is 94.8 cm³/mol. The molecule has 2 amide bonds. The standard InChI is InChI=1S/C18H19F3N4O3/c1-10-4-13(6-15(24-10)25-11(2)26)16(27)22-7-12-5-14(19)17(23-8-12)28-9-18(3,20)21/h4-6,8H,7,9H2,1-3H3,(H,22,27)(H,24,25,26). The van der Waals surface area contributed by atoms with Crippen LogP contribution in [-0.4, -0.2) is 34.3 Å². The number of hydrogen-bond donors (Lipinski definition) is 2. The quantitative estimate of drug-likeness (QED) is 0.751. The van der Waals surface area contributed by atoms with Crippen molar-refractivity contribution in [1.29, 1.82) is 0 Å². The van der Waals surface area contributed by atoms with Crippen molar-refractivity contribution in [2.24, 2.45) is 0 Å². The third kappa shape index (κ3) is 6.53. The average Bonchev–Trinajstić information content (AvgIpc) is 2.56. The summed E-state index contributed by atoms with van der Waals surface area (Å²) >= 11 is 0. The molecule has 28 heavy (non-hydrogen) atoms. The van der Waals surface area contributed by atoms with Crippen LogP contribution in [0, 0.1) is 12.7 Å². The van der Waals surface area contributed by atoms with E-state index in [-0.39, 0.29) is 23.8 Å². The number of halogens is 3. The van der Waals surface area contributed by atoms with E-state index in [2.05, 4.69) is 25.3 Å². The van der Waals surface area contributed by atoms with Gasteiger partial charge in [0.15, 0.2) is 12.4 Å². The summed E-state index contributed by atoms with van der Waals surface area (Å²) in [6, 6.07) is 3.97. The van der Waals surface area contributed by atoms with Crippen LogP contribution in [0.4, 0.5) is 19.0 Å². The van der Waals surface area contributed by atoms with Crippen LogP contribution in [-0.2, 0) is 11.3 Å². The predicted octanol–water partition coefficient (Wildman–Crippen LogP) is 2.85. The number of nitrogens with zero attached hydrogens (tertiary/aromatic N) is 2. The Labute approximate surface area is 159 Å². The lowest BCUT2D eigenvalue weighted by molar-refractivity contribution is -0.114. The monoisotopic (exact) mass is 396 g/mol. The zero-order chi connectivity index (χ0) is 20.9. The van der Waals surface area contributed by atoms with Crippen LogP contribution in [0.25, 0.3) is 0 Å². The van der Waals surface area contributed by atoms with Gasteiger partial charge in [0, 0.05) is 37.8 Å². The molecule has 0 aliphatic rings. The molecule has 0 atom stereocenters. The van der Waals surface area contributed by atoms with Crippen molar-refractivity contribution in [3.63, 3.8) is 0 Å². The summed E-state index contributed by atoms with van der Waals surface area (Å²) in [6.07, 6.45) is 1.22. The Kier molecular flexibility index (Phi) is 6.55. The number of pyridine rings is 2. The van der Waals surface area contributed by atoms with Crippen molar-refractivity contribution in [1.82, 2.24) is 15.3 Å². The molecule has 2 rings (SSSR count). The molecule has 0 aliphatic heterocycles. The van der Waals surface area contributed by atoms with Gasteiger partial charge in [0.1, 0.15) is 5.82 Å². The lowest BCUT2D eigenvalue weighted by Gasteiger charge is -2.12. The van der Waals surface area contributed by atoms with Crippen LogP contribution >= 0.6 is 0 Å². The van der Waals surface area contributed by atoms with Crippen molar-refractivity contribution in [2.45, 2.75) is 33.2 Å². The zero-order valence-corrected chi connectivity index (χ0v) is 15.5. The summed E-state index contributed by atoms with van der Waals surface area (Å²) in [5.41, 5.74) is 1.10. The second kappa shape index (κ2) is 8.68. The maximum atomic E-state index is 13.9. The van der Waals surface area contributed by atoms with E-state index in [4.69, 9.17) is 0 Å². The van der Waals surface area contributed by atoms with Crippen LogP contribution in [0.15, 0.2) is 24.4 Å². The number of rotatable bonds is 7. The minimum absolute atomic E-state index is 0.0518. The summed E-state index contributed by atoms with van der Waals surface area (Å²) in [5, 5.41) is 5.07. The van der Waals surface area contributed by atoms with Crippen LogP contribution in [0.2, 0.25) is 0 Å². The van der Waals surface area contributed by atoms with Crippen molar-refractivity contribution >= 4 is 17.6 Å². The highest BCUT2D eigenvalue weighted by molar-refractivity contribution is 5.96. The van der Waals surface area contributed by atoms with Gasteiger partial charge in [-0.1, -0.05) is 0 Å². The number of anilines is 1. The van der Waals surface area contributed by atoms with Gasteiger partial charge in [-0.25, -0.2) is 23.1 Å². The molecule has 10 heteroatoms. The van der Waals surface area contributed by atoms with Gasteiger partial charge in [0.25, 0.3) is 17.7 Å². The van der Waals surface area contributed by atoms with E-state index < -0.39 is 30.1 Å². The van der Waals surface area contributed by atoms with Crippen molar-refractivity contribution in [2.75, 3.05) is 11.9 Å². The molecular weight excluding hydrogens is 377 g/mol. The van der Waals surface area contributed by atoms with Gasteiger partial charge in [-0.3, -0.25) is 9.59 Å². The number of aromatic nitrogens is 2. The van der Waals surface area contributed by atoms with E-state index in [1.165, 1.54) is 25.3 Å². The molecule has 150 valence electrons. The second-order valence-electron chi connectivity index (χ2n) is 6.24. The fourth-order valence-corrected chi connectivity index (χ4v) is 2.19. The summed E-state index contributed by atoms with van der Waals surface area (Å²) < 4.78 is 44.1. The minimum atomic E-state index is -3.11. The average molecular weight is 396 g/mol. The Hall–Kier alpha value is -3.17. The first-order valence-electron chi connectivity index (χ1n) is 8.23. The Bertz CT molecular complexity index is 885. The SMILES string of the molecule is CC(=O)Nc1cc(C(=O)NCc2cnc(OCC(C)(F)F)c(F)c2)cc(C)n1. The number of ether oxygens (including phenoxy) is 1. The molecule has 0 saturated heterocycles. The summed E-state index contributed by atoms with van der Waals surface area (Å²) in [5.74, 6) is -5.12. The van der Waals surface area contributed by atoms with E-state index in [1.54, 1.807) is 6.92 Å². The maximum absolute atomic E-state index is 13.9. The lowest BCUT2D eigenvalue weighted by atomic mass is 10.2. The summed E-state index contributed by atoms with van der Waals surface area (Å²) in [4.78, 5) is 31.2. The molecule has 0 saturated carbocycles. The molecule has 0 radical (unpaired) electrons. The first-order chi connectivity index (χ1) is 13.0. The Balaban J connectivity index is 2.02. The van der Waals surface area contributed by atoms with Crippen LogP contribution in [0.3, 0.4) is 0 Å². The van der Waals surface area contributed by atoms with Gasteiger partial charge >= 0.3 is 0 Å². The van der Waals surface area contributed by atoms with Crippen molar-refractivity contribution in [3.8, 4) is 5.88 Å². The fraction of sp³-hybridized carbons (Fsp3) is 0.333. The molecule has 0 bridgehead atoms. The van der Waals surface area contributed by atoms with Crippen LogP contribution in [0.5, 0.6) is 5.88 Å². The number of aryl methyl sites for hydroxylation is 1. The van der Waals surface area contributed by atoms with E-state index >= 15 is 0 Å². The third-order valence-electron chi connectivity index (χ3n) is 3.30. The van der Waals surface area contributed by atoms with Gasteiger partial charge < -0.3 is 15.4 Å². The Morgan fingerprint density at radius 1 is 1.25 bits per heavy atom. The maximum Gasteiger partial charge on any atom is 0.278 e. The highest BCUT2D eigenvalue weighted by Gasteiger charge is 2.23.